The third kappa shape index (κ3) is 6.01. The number of hydrogen-bond acceptors (Lipinski definition) is 4. The van der Waals surface area contributed by atoms with Crippen LogP contribution >= 0.6 is 0 Å². The molecule has 2 aliphatic rings. The number of nitrogens with zero attached hydrogens (tertiary/aromatic N) is 3. The van der Waals surface area contributed by atoms with E-state index in [1.807, 2.05) is 12.1 Å². The standard InChI is InChI=1S/C23H39N5O/c1-5-24-23(25-15-19-9-8-13-27(16-19)18(2)3)26-20-12-14-28(17-20)21-10-6-7-11-22(21)29-4/h6-7,10-11,18-20H,5,8-9,12-17H2,1-4H3,(H2,24,25,26). The first-order chi connectivity index (χ1) is 14.1. The number of ether oxygens (including phenoxy) is 1. The summed E-state index contributed by atoms with van der Waals surface area (Å²) < 4.78 is 5.54. The van der Waals surface area contributed by atoms with Crippen LogP contribution in [0.5, 0.6) is 5.75 Å². The van der Waals surface area contributed by atoms with Crippen LogP contribution in [0.15, 0.2) is 29.3 Å². The number of guanidine groups is 1. The average Bonchev–Trinajstić information content (AvgIpc) is 3.20. The zero-order valence-corrected chi connectivity index (χ0v) is 18.7. The van der Waals surface area contributed by atoms with Gasteiger partial charge in [0.15, 0.2) is 5.96 Å². The number of rotatable bonds is 7. The predicted molar refractivity (Wildman–Crippen MR) is 122 cm³/mol. The molecular weight excluding hydrogens is 362 g/mol. The molecule has 2 aliphatic heterocycles. The van der Waals surface area contributed by atoms with Crippen molar-refractivity contribution in [2.75, 3.05) is 51.3 Å². The molecule has 1 aromatic rings. The molecule has 2 saturated heterocycles. The van der Waals surface area contributed by atoms with Gasteiger partial charge in [-0.3, -0.25) is 4.99 Å². The second kappa shape index (κ2) is 10.7. The van der Waals surface area contributed by atoms with Crippen molar-refractivity contribution >= 4 is 11.6 Å². The van der Waals surface area contributed by atoms with Crippen LogP contribution in [0.4, 0.5) is 5.69 Å². The Hall–Kier alpha value is -1.95. The van der Waals surface area contributed by atoms with E-state index in [9.17, 15) is 0 Å². The third-order valence-electron chi connectivity index (χ3n) is 6.09. The molecule has 0 aromatic heterocycles. The van der Waals surface area contributed by atoms with Gasteiger partial charge >= 0.3 is 0 Å². The third-order valence-corrected chi connectivity index (χ3v) is 6.09. The highest BCUT2D eigenvalue weighted by atomic mass is 16.5. The van der Waals surface area contributed by atoms with Gasteiger partial charge in [-0.15, -0.1) is 0 Å². The molecular formula is C23H39N5O. The van der Waals surface area contributed by atoms with Gasteiger partial charge in [-0.25, -0.2) is 0 Å². The highest BCUT2D eigenvalue weighted by Crippen LogP contribution is 2.30. The smallest absolute Gasteiger partial charge is 0.191 e. The minimum Gasteiger partial charge on any atom is -0.495 e. The number of likely N-dealkylation sites (tertiary alicyclic amines) is 1. The quantitative estimate of drug-likeness (QED) is 0.543. The van der Waals surface area contributed by atoms with Crippen LogP contribution in [0.3, 0.4) is 0 Å². The molecule has 0 saturated carbocycles. The maximum absolute atomic E-state index is 5.54. The Labute approximate surface area is 176 Å². The van der Waals surface area contributed by atoms with Crippen molar-refractivity contribution in [1.29, 1.82) is 0 Å². The van der Waals surface area contributed by atoms with Crippen LogP contribution in [-0.2, 0) is 0 Å². The highest BCUT2D eigenvalue weighted by molar-refractivity contribution is 5.80. The molecule has 2 unspecified atom stereocenters. The lowest BCUT2D eigenvalue weighted by Gasteiger charge is -2.35. The van der Waals surface area contributed by atoms with Gasteiger partial charge in [-0.05, 0) is 64.6 Å². The Morgan fingerprint density at radius 2 is 2.03 bits per heavy atom. The van der Waals surface area contributed by atoms with E-state index in [1.54, 1.807) is 7.11 Å². The topological polar surface area (TPSA) is 52.1 Å². The minimum atomic E-state index is 0.399. The summed E-state index contributed by atoms with van der Waals surface area (Å²) in [6.45, 7) is 12.9. The van der Waals surface area contributed by atoms with E-state index >= 15 is 0 Å². The van der Waals surface area contributed by atoms with Gasteiger partial charge in [0.05, 0.1) is 12.8 Å². The van der Waals surface area contributed by atoms with Crippen LogP contribution in [0.2, 0.25) is 0 Å². The molecule has 1 aromatic carbocycles. The van der Waals surface area contributed by atoms with E-state index in [2.05, 4.69) is 53.3 Å². The van der Waals surface area contributed by atoms with Crippen LogP contribution in [-0.4, -0.2) is 69.3 Å². The average molecular weight is 402 g/mol. The maximum Gasteiger partial charge on any atom is 0.191 e. The van der Waals surface area contributed by atoms with Gasteiger partial charge in [0.2, 0.25) is 0 Å². The predicted octanol–water partition coefficient (Wildman–Crippen LogP) is 2.95. The first-order valence-corrected chi connectivity index (χ1v) is 11.3. The van der Waals surface area contributed by atoms with Crippen molar-refractivity contribution in [3.8, 4) is 5.75 Å². The fourth-order valence-corrected chi connectivity index (χ4v) is 4.44. The molecule has 0 spiro atoms. The van der Waals surface area contributed by atoms with Crippen molar-refractivity contribution < 1.29 is 4.74 Å². The lowest BCUT2D eigenvalue weighted by Crippen LogP contribution is -2.45. The van der Waals surface area contributed by atoms with Gasteiger partial charge < -0.3 is 25.2 Å². The van der Waals surface area contributed by atoms with E-state index in [4.69, 9.17) is 9.73 Å². The summed E-state index contributed by atoms with van der Waals surface area (Å²) in [6.07, 6.45) is 3.68. The molecule has 2 fully saturated rings. The molecule has 0 aliphatic carbocycles. The summed E-state index contributed by atoms with van der Waals surface area (Å²) in [4.78, 5) is 9.94. The van der Waals surface area contributed by atoms with Gasteiger partial charge in [0, 0.05) is 44.8 Å². The molecule has 2 atom stereocenters. The lowest BCUT2D eigenvalue weighted by molar-refractivity contribution is 0.143. The van der Waals surface area contributed by atoms with Crippen LogP contribution < -0.4 is 20.3 Å². The van der Waals surface area contributed by atoms with E-state index in [0.717, 1.165) is 44.3 Å². The number of methoxy groups -OCH3 is 1. The van der Waals surface area contributed by atoms with Gasteiger partial charge in [0.25, 0.3) is 0 Å². The Bertz CT molecular complexity index is 662. The highest BCUT2D eigenvalue weighted by Gasteiger charge is 2.26. The second-order valence-corrected chi connectivity index (χ2v) is 8.56. The first-order valence-electron chi connectivity index (χ1n) is 11.3. The van der Waals surface area contributed by atoms with Crippen LogP contribution in [0.25, 0.3) is 0 Å². The minimum absolute atomic E-state index is 0.399. The molecule has 0 radical (unpaired) electrons. The fourth-order valence-electron chi connectivity index (χ4n) is 4.44. The summed E-state index contributed by atoms with van der Waals surface area (Å²) >= 11 is 0. The number of piperidine rings is 1. The summed E-state index contributed by atoms with van der Waals surface area (Å²) in [5, 5.41) is 7.11. The summed E-state index contributed by atoms with van der Waals surface area (Å²) in [7, 11) is 1.74. The Balaban J connectivity index is 1.56. The number of hydrogen-bond donors (Lipinski definition) is 2. The molecule has 0 bridgehead atoms. The Morgan fingerprint density at radius 1 is 1.21 bits per heavy atom. The number of para-hydroxylation sites is 2. The summed E-state index contributed by atoms with van der Waals surface area (Å²) in [5.74, 6) is 2.57. The normalized spacial score (nSPS) is 23.5. The van der Waals surface area contributed by atoms with Crippen molar-refractivity contribution in [3.05, 3.63) is 24.3 Å². The summed E-state index contributed by atoms with van der Waals surface area (Å²) in [5.41, 5.74) is 1.18. The number of benzene rings is 1. The van der Waals surface area contributed by atoms with E-state index in [-0.39, 0.29) is 0 Å². The molecule has 2 heterocycles. The number of anilines is 1. The second-order valence-electron chi connectivity index (χ2n) is 8.56. The summed E-state index contributed by atoms with van der Waals surface area (Å²) in [6, 6.07) is 9.31. The van der Waals surface area contributed by atoms with Crippen molar-refractivity contribution in [1.82, 2.24) is 15.5 Å². The van der Waals surface area contributed by atoms with Crippen molar-refractivity contribution in [3.63, 3.8) is 0 Å². The van der Waals surface area contributed by atoms with Crippen molar-refractivity contribution in [2.24, 2.45) is 10.9 Å². The largest absolute Gasteiger partial charge is 0.495 e. The van der Waals surface area contributed by atoms with Gasteiger partial charge in [-0.2, -0.15) is 0 Å². The molecule has 6 nitrogen and oxygen atoms in total. The monoisotopic (exact) mass is 401 g/mol. The van der Waals surface area contributed by atoms with Crippen molar-refractivity contribution in [2.45, 2.75) is 52.1 Å². The molecule has 0 amide bonds. The van der Waals surface area contributed by atoms with E-state index in [1.165, 1.54) is 31.6 Å². The molecule has 3 rings (SSSR count). The zero-order valence-electron chi connectivity index (χ0n) is 18.7. The van der Waals surface area contributed by atoms with E-state index in [0.29, 0.717) is 18.0 Å². The number of aliphatic imine (C=N–C) groups is 1. The molecule has 6 heteroatoms. The molecule has 162 valence electrons. The number of nitrogens with one attached hydrogen (secondary N) is 2. The Morgan fingerprint density at radius 3 is 2.79 bits per heavy atom. The first kappa shape index (κ1) is 21.8. The maximum atomic E-state index is 5.54. The van der Waals surface area contributed by atoms with Crippen LogP contribution in [0.1, 0.15) is 40.0 Å². The van der Waals surface area contributed by atoms with Gasteiger partial charge in [0.1, 0.15) is 5.75 Å². The SMILES string of the molecule is CCNC(=NCC1CCCN(C(C)C)C1)NC1CCN(c2ccccc2OC)C1. The van der Waals surface area contributed by atoms with E-state index < -0.39 is 0 Å². The Kier molecular flexibility index (Phi) is 8.04. The molecule has 2 N–H and O–H groups in total. The fraction of sp³-hybridized carbons (Fsp3) is 0.696. The lowest BCUT2D eigenvalue weighted by atomic mass is 9.97. The molecule has 29 heavy (non-hydrogen) atoms. The van der Waals surface area contributed by atoms with Crippen LogP contribution in [0, 0.1) is 5.92 Å². The van der Waals surface area contributed by atoms with Gasteiger partial charge in [-0.1, -0.05) is 12.1 Å². The zero-order chi connectivity index (χ0) is 20.6.